The van der Waals surface area contributed by atoms with E-state index >= 15 is 0 Å². The molecular formula is C25H21F3N4OS. The summed E-state index contributed by atoms with van der Waals surface area (Å²) in [6, 6.07) is 17.1. The Kier molecular flexibility index (Phi) is 7.42. The van der Waals surface area contributed by atoms with Crippen LogP contribution in [0.3, 0.4) is 0 Å². The minimum atomic E-state index is -4.26. The first-order chi connectivity index (χ1) is 16.4. The van der Waals surface area contributed by atoms with E-state index in [1.54, 1.807) is 18.3 Å². The topological polar surface area (TPSA) is 60.8 Å². The third-order valence-electron chi connectivity index (χ3n) is 4.99. The van der Waals surface area contributed by atoms with Crippen molar-refractivity contribution in [1.29, 1.82) is 0 Å². The number of ether oxygens (including phenoxy) is 1. The highest BCUT2D eigenvalue weighted by Crippen LogP contribution is 2.26. The van der Waals surface area contributed by atoms with Crippen LogP contribution >= 0.6 is 11.8 Å². The molecule has 0 saturated carbocycles. The van der Waals surface area contributed by atoms with E-state index < -0.39 is 19.2 Å². The van der Waals surface area contributed by atoms with Gasteiger partial charge in [0.1, 0.15) is 0 Å². The van der Waals surface area contributed by atoms with E-state index in [9.17, 15) is 13.2 Å². The van der Waals surface area contributed by atoms with Crippen LogP contribution < -0.4 is 4.74 Å². The molecule has 9 heteroatoms. The molecule has 0 spiro atoms. The molecule has 0 saturated heterocycles. The first-order valence-electron chi connectivity index (χ1n) is 10.5. The van der Waals surface area contributed by atoms with Crippen LogP contribution in [-0.4, -0.2) is 39.0 Å². The van der Waals surface area contributed by atoms with Gasteiger partial charge in [-0.2, -0.15) is 13.2 Å². The van der Waals surface area contributed by atoms with Gasteiger partial charge in [0.15, 0.2) is 5.16 Å². The van der Waals surface area contributed by atoms with Crippen LogP contribution in [-0.2, 0) is 6.42 Å². The summed E-state index contributed by atoms with van der Waals surface area (Å²) >= 11 is 1.49. The number of pyridine rings is 2. The molecule has 0 aliphatic rings. The van der Waals surface area contributed by atoms with E-state index in [1.807, 2.05) is 55.0 Å². The minimum Gasteiger partial charge on any atom is -0.477 e. The molecule has 4 aromatic rings. The van der Waals surface area contributed by atoms with E-state index in [2.05, 4.69) is 21.0 Å². The number of hydrogen-bond donors (Lipinski definition) is 0. The summed E-state index contributed by atoms with van der Waals surface area (Å²) in [5.74, 6) is 0.146. The fourth-order valence-electron chi connectivity index (χ4n) is 3.34. The van der Waals surface area contributed by atoms with Gasteiger partial charge in [-0.3, -0.25) is 4.98 Å². The Morgan fingerprint density at radius 3 is 2.32 bits per heavy atom. The van der Waals surface area contributed by atoms with E-state index in [1.165, 1.54) is 11.8 Å². The molecule has 3 aromatic heterocycles. The third kappa shape index (κ3) is 6.32. The summed E-state index contributed by atoms with van der Waals surface area (Å²) in [7, 11) is 0. The predicted octanol–water partition coefficient (Wildman–Crippen LogP) is 6.24. The molecule has 0 N–H and O–H groups in total. The third-order valence-corrected chi connectivity index (χ3v) is 5.56. The summed E-state index contributed by atoms with van der Waals surface area (Å²) in [6.07, 6.45) is 2.47. The normalized spacial score (nSPS) is 11.4. The van der Waals surface area contributed by atoms with Gasteiger partial charge in [0.2, 0.25) is 5.88 Å². The number of aromatic nitrogens is 4. The molecule has 0 aliphatic carbocycles. The quantitative estimate of drug-likeness (QED) is 0.219. The number of nitrogens with zero attached hydrogens (tertiary/aromatic N) is 4. The lowest BCUT2D eigenvalue weighted by atomic mass is 9.98. The van der Waals surface area contributed by atoms with Crippen molar-refractivity contribution in [2.75, 3.05) is 12.9 Å². The van der Waals surface area contributed by atoms with Gasteiger partial charge >= 0.3 is 6.18 Å². The van der Waals surface area contributed by atoms with Crippen LogP contribution in [0.2, 0.25) is 0 Å². The molecule has 0 amide bonds. The molecule has 174 valence electrons. The molecule has 1 aromatic carbocycles. The molecule has 4 rings (SSSR count). The number of alkyl halides is 3. The Balaban J connectivity index is 1.49. The summed E-state index contributed by atoms with van der Waals surface area (Å²) in [6.45, 7) is -0.464. The van der Waals surface area contributed by atoms with Crippen molar-refractivity contribution in [2.45, 2.75) is 24.2 Å². The van der Waals surface area contributed by atoms with Crippen LogP contribution in [0.25, 0.3) is 22.4 Å². The van der Waals surface area contributed by atoms with E-state index in [0.717, 1.165) is 38.8 Å². The van der Waals surface area contributed by atoms with Gasteiger partial charge in [0.05, 0.1) is 18.7 Å². The average molecular weight is 483 g/mol. The van der Waals surface area contributed by atoms with Crippen molar-refractivity contribution in [3.05, 3.63) is 84.4 Å². The Bertz CT molecular complexity index is 1230. The number of rotatable bonds is 8. The van der Waals surface area contributed by atoms with Gasteiger partial charge < -0.3 is 4.74 Å². The monoisotopic (exact) mass is 482 g/mol. The summed E-state index contributed by atoms with van der Waals surface area (Å²) < 4.78 is 41.9. The maximum absolute atomic E-state index is 12.3. The highest BCUT2D eigenvalue weighted by Gasteiger charge is 2.26. The zero-order valence-electron chi connectivity index (χ0n) is 18.3. The molecule has 0 unspecified atom stereocenters. The highest BCUT2D eigenvalue weighted by atomic mass is 32.2. The van der Waals surface area contributed by atoms with Crippen molar-refractivity contribution >= 4 is 11.8 Å². The Morgan fingerprint density at radius 1 is 0.853 bits per heavy atom. The lowest BCUT2D eigenvalue weighted by Gasteiger charge is -2.11. The van der Waals surface area contributed by atoms with Crippen LogP contribution in [0.5, 0.6) is 5.88 Å². The average Bonchev–Trinajstić information content (AvgIpc) is 2.84. The second-order valence-corrected chi connectivity index (χ2v) is 8.18. The van der Waals surface area contributed by atoms with E-state index in [4.69, 9.17) is 9.72 Å². The van der Waals surface area contributed by atoms with Gasteiger partial charge in [-0.05, 0) is 35.6 Å². The van der Waals surface area contributed by atoms with E-state index in [0.29, 0.717) is 6.42 Å². The molecule has 34 heavy (non-hydrogen) atoms. The molecule has 3 heterocycles. The van der Waals surface area contributed by atoms with Crippen molar-refractivity contribution in [3.63, 3.8) is 0 Å². The number of benzene rings is 1. The Hall–Kier alpha value is -3.46. The van der Waals surface area contributed by atoms with Gasteiger partial charge in [-0.1, -0.05) is 42.1 Å². The van der Waals surface area contributed by atoms with Crippen LogP contribution in [0.4, 0.5) is 13.2 Å². The Labute approximate surface area is 199 Å². The number of hydrogen-bond acceptors (Lipinski definition) is 6. The number of thioether (sulfide) groups is 1. The van der Waals surface area contributed by atoms with Crippen LogP contribution in [0, 0.1) is 0 Å². The predicted molar refractivity (Wildman–Crippen MR) is 126 cm³/mol. The molecule has 0 atom stereocenters. The first-order valence-corrected chi connectivity index (χ1v) is 11.7. The van der Waals surface area contributed by atoms with Gasteiger partial charge in [-0.25, -0.2) is 15.0 Å². The lowest BCUT2D eigenvalue weighted by molar-refractivity contribution is -0.139. The molecule has 0 fully saturated rings. The first kappa shape index (κ1) is 23.7. The maximum atomic E-state index is 12.3. The van der Waals surface area contributed by atoms with Crippen molar-refractivity contribution < 1.29 is 17.9 Å². The smallest absolute Gasteiger partial charge is 0.392 e. The van der Waals surface area contributed by atoms with Gasteiger partial charge in [0.25, 0.3) is 0 Å². The lowest BCUT2D eigenvalue weighted by Crippen LogP contribution is -2.13. The molecular weight excluding hydrogens is 461 g/mol. The largest absolute Gasteiger partial charge is 0.477 e. The minimum absolute atomic E-state index is 0.146. The maximum Gasteiger partial charge on any atom is 0.392 e. The van der Waals surface area contributed by atoms with Gasteiger partial charge in [-0.15, -0.1) is 0 Å². The van der Waals surface area contributed by atoms with Crippen molar-refractivity contribution in [1.82, 2.24) is 19.9 Å². The molecule has 0 aliphatic heterocycles. The van der Waals surface area contributed by atoms with Crippen LogP contribution in [0.1, 0.15) is 17.7 Å². The highest BCUT2D eigenvalue weighted by molar-refractivity contribution is 7.98. The zero-order chi connectivity index (χ0) is 24.0. The van der Waals surface area contributed by atoms with Crippen molar-refractivity contribution in [2.24, 2.45) is 0 Å². The SMILES string of the molecule is CSc1ncc(-c2ccccc2Cc2cccc(-c3ccc(OCCC(F)(F)F)nc3)n2)cn1. The summed E-state index contributed by atoms with van der Waals surface area (Å²) in [5, 5.41) is 0.723. The van der Waals surface area contributed by atoms with Crippen LogP contribution in [0.15, 0.2) is 78.3 Å². The zero-order valence-corrected chi connectivity index (χ0v) is 19.1. The standard InChI is InChI=1S/C25H21F3N4OS/c1-34-24-30-15-19(16-31-24)21-7-3-2-5-17(21)13-20-6-4-8-22(32-20)18-9-10-23(29-14-18)33-12-11-25(26,27)28/h2-10,14-16H,11-13H2,1H3. The summed E-state index contributed by atoms with van der Waals surface area (Å²) in [5.41, 5.74) is 5.42. The number of halogens is 3. The second kappa shape index (κ2) is 10.6. The fourth-order valence-corrected chi connectivity index (χ4v) is 3.66. The molecule has 0 radical (unpaired) electrons. The van der Waals surface area contributed by atoms with E-state index in [-0.39, 0.29) is 5.88 Å². The molecule has 0 bridgehead atoms. The fraction of sp³-hybridized carbons (Fsp3) is 0.200. The van der Waals surface area contributed by atoms with Gasteiger partial charge in [0, 0.05) is 47.9 Å². The summed E-state index contributed by atoms with van der Waals surface area (Å²) in [4.78, 5) is 17.6. The van der Waals surface area contributed by atoms with Crippen molar-refractivity contribution in [3.8, 4) is 28.3 Å². The molecule has 5 nitrogen and oxygen atoms in total. The second-order valence-electron chi connectivity index (χ2n) is 7.41. The Morgan fingerprint density at radius 2 is 1.62 bits per heavy atom.